The lowest BCUT2D eigenvalue weighted by Crippen LogP contribution is -2.32. The summed E-state index contributed by atoms with van der Waals surface area (Å²) in [5, 5.41) is 6.58. The molecule has 27 heavy (non-hydrogen) atoms. The van der Waals surface area contributed by atoms with E-state index in [1.165, 1.54) is 0 Å². The van der Waals surface area contributed by atoms with Crippen molar-refractivity contribution in [3.05, 3.63) is 48.5 Å². The van der Waals surface area contributed by atoms with E-state index in [2.05, 4.69) is 10.6 Å². The molecular weight excluding hydrogens is 360 g/mol. The number of rotatable bonds is 6. The van der Waals surface area contributed by atoms with Crippen molar-refractivity contribution >= 4 is 29.0 Å². The quantitative estimate of drug-likeness (QED) is 0.568. The van der Waals surface area contributed by atoms with Crippen molar-refractivity contribution in [3.63, 3.8) is 0 Å². The summed E-state index contributed by atoms with van der Waals surface area (Å²) in [5.74, 6) is 0.424. The molecule has 0 saturated carbocycles. The Morgan fingerprint density at radius 2 is 1.78 bits per heavy atom. The fourth-order valence-electron chi connectivity index (χ4n) is 2.45. The lowest BCUT2D eigenvalue weighted by atomic mass is 10.0. The van der Waals surface area contributed by atoms with Gasteiger partial charge in [-0.3, -0.25) is 4.79 Å². The first kappa shape index (κ1) is 20.7. The maximum Gasteiger partial charge on any atom is 0.308 e. The predicted octanol–water partition coefficient (Wildman–Crippen LogP) is 4.38. The van der Waals surface area contributed by atoms with Crippen molar-refractivity contribution in [1.82, 2.24) is 5.32 Å². The highest BCUT2D eigenvalue weighted by molar-refractivity contribution is 7.80. The number of hydrogen-bond acceptors (Lipinski definition) is 4. The van der Waals surface area contributed by atoms with Crippen LogP contribution < -0.4 is 15.4 Å². The number of benzene rings is 2. The summed E-state index contributed by atoms with van der Waals surface area (Å²) in [6, 6.07) is 15.9. The van der Waals surface area contributed by atoms with Gasteiger partial charge in [0.2, 0.25) is 0 Å². The van der Waals surface area contributed by atoms with Crippen LogP contribution in [-0.4, -0.2) is 30.3 Å². The topological polar surface area (TPSA) is 59.6 Å². The van der Waals surface area contributed by atoms with Gasteiger partial charge in [0.05, 0.1) is 19.2 Å². The van der Waals surface area contributed by atoms with Crippen LogP contribution >= 0.6 is 12.2 Å². The van der Waals surface area contributed by atoms with E-state index in [0.29, 0.717) is 17.4 Å². The largest absolute Gasteiger partial charge is 0.495 e. The molecule has 2 rings (SSSR count). The molecule has 0 spiro atoms. The molecular formula is C21H26N2O3S. The first-order chi connectivity index (χ1) is 12.8. The number of hydrogen-bond donors (Lipinski definition) is 2. The van der Waals surface area contributed by atoms with Gasteiger partial charge in [-0.15, -0.1) is 0 Å². The summed E-state index contributed by atoms with van der Waals surface area (Å²) < 4.78 is 10.7. The Kier molecular flexibility index (Phi) is 7.19. The van der Waals surface area contributed by atoms with Crippen LogP contribution in [0.25, 0.3) is 11.1 Å². The monoisotopic (exact) mass is 386 g/mol. The molecule has 2 N–H and O–H groups in total. The highest BCUT2D eigenvalue weighted by Crippen LogP contribution is 2.30. The van der Waals surface area contributed by atoms with Crippen LogP contribution in [0.5, 0.6) is 5.75 Å². The third-order valence-corrected chi connectivity index (χ3v) is 3.84. The molecule has 0 amide bonds. The van der Waals surface area contributed by atoms with Crippen LogP contribution in [0.4, 0.5) is 5.69 Å². The zero-order chi connectivity index (χ0) is 19.9. The second kappa shape index (κ2) is 9.37. The van der Waals surface area contributed by atoms with Gasteiger partial charge >= 0.3 is 5.97 Å². The average Bonchev–Trinajstić information content (AvgIpc) is 2.61. The zero-order valence-electron chi connectivity index (χ0n) is 16.2. The molecule has 2 aromatic carbocycles. The zero-order valence-corrected chi connectivity index (χ0v) is 17.0. The Labute approximate surface area is 166 Å². The molecule has 0 aliphatic heterocycles. The minimum Gasteiger partial charge on any atom is -0.495 e. The minimum atomic E-state index is -0.485. The molecule has 0 radical (unpaired) electrons. The van der Waals surface area contributed by atoms with Crippen LogP contribution in [0.15, 0.2) is 48.5 Å². The van der Waals surface area contributed by atoms with E-state index in [9.17, 15) is 4.79 Å². The minimum absolute atomic E-state index is 0.236. The van der Waals surface area contributed by atoms with Crippen molar-refractivity contribution in [2.24, 2.45) is 0 Å². The van der Waals surface area contributed by atoms with E-state index >= 15 is 0 Å². The molecule has 5 nitrogen and oxygen atoms in total. The first-order valence-electron chi connectivity index (χ1n) is 8.78. The van der Waals surface area contributed by atoms with E-state index in [-0.39, 0.29) is 12.4 Å². The van der Waals surface area contributed by atoms with Gasteiger partial charge in [-0.05, 0) is 56.2 Å². The summed E-state index contributed by atoms with van der Waals surface area (Å²) in [6.45, 7) is 5.92. The maximum absolute atomic E-state index is 11.8. The fourth-order valence-corrected chi connectivity index (χ4v) is 2.66. The van der Waals surface area contributed by atoms with Gasteiger partial charge in [0.1, 0.15) is 11.4 Å². The molecule has 0 bridgehead atoms. The van der Waals surface area contributed by atoms with E-state index in [1.54, 1.807) is 7.11 Å². The van der Waals surface area contributed by atoms with Gasteiger partial charge < -0.3 is 20.1 Å². The van der Waals surface area contributed by atoms with Gasteiger partial charge in [0.25, 0.3) is 0 Å². The maximum atomic E-state index is 11.8. The smallest absolute Gasteiger partial charge is 0.308 e. The van der Waals surface area contributed by atoms with Crippen LogP contribution in [0, 0.1) is 0 Å². The van der Waals surface area contributed by atoms with E-state index in [1.807, 2.05) is 69.3 Å². The van der Waals surface area contributed by atoms with Crippen LogP contribution in [0.3, 0.4) is 0 Å². The lowest BCUT2D eigenvalue weighted by Gasteiger charge is -2.19. The number of methoxy groups -OCH3 is 1. The molecule has 0 aliphatic rings. The summed E-state index contributed by atoms with van der Waals surface area (Å²) in [4.78, 5) is 11.8. The van der Waals surface area contributed by atoms with E-state index in [0.717, 1.165) is 16.8 Å². The third kappa shape index (κ3) is 6.90. The highest BCUT2D eigenvalue weighted by atomic mass is 32.1. The summed E-state index contributed by atoms with van der Waals surface area (Å²) in [7, 11) is 1.61. The fraction of sp³-hybridized carbons (Fsp3) is 0.333. The molecule has 0 aliphatic carbocycles. The lowest BCUT2D eigenvalue weighted by molar-refractivity contribution is -0.154. The van der Waals surface area contributed by atoms with Gasteiger partial charge in [-0.1, -0.05) is 36.4 Å². The highest BCUT2D eigenvalue weighted by Gasteiger charge is 2.16. The number of anilines is 1. The normalized spacial score (nSPS) is 10.8. The van der Waals surface area contributed by atoms with Gasteiger partial charge in [0, 0.05) is 6.54 Å². The molecule has 0 fully saturated rings. The second-order valence-corrected chi connectivity index (χ2v) is 7.41. The first-order valence-corrected chi connectivity index (χ1v) is 9.19. The van der Waals surface area contributed by atoms with Crippen molar-refractivity contribution in [2.45, 2.75) is 32.8 Å². The predicted molar refractivity (Wildman–Crippen MR) is 113 cm³/mol. The Hall–Kier alpha value is -2.60. The number of thiocarbonyl (C=S) groups is 1. The van der Waals surface area contributed by atoms with E-state index in [4.69, 9.17) is 21.7 Å². The standard InChI is InChI=1S/C21H26N2O3S/c1-21(2,3)26-19(24)12-13-22-20(27)23-17-14-16(10-11-18(17)25-4)15-8-6-5-7-9-15/h5-11,14H,12-13H2,1-4H3,(H2,22,23,27). The van der Waals surface area contributed by atoms with Crippen LogP contribution in [0.1, 0.15) is 27.2 Å². The second-order valence-electron chi connectivity index (χ2n) is 7.00. The van der Waals surface area contributed by atoms with Crippen LogP contribution in [0.2, 0.25) is 0 Å². The Morgan fingerprint density at radius 3 is 2.41 bits per heavy atom. The SMILES string of the molecule is COc1ccc(-c2ccccc2)cc1NC(=S)NCCC(=O)OC(C)(C)C. The van der Waals surface area contributed by atoms with E-state index < -0.39 is 5.60 Å². The summed E-state index contributed by atoms with van der Waals surface area (Å²) in [6.07, 6.45) is 0.236. The number of carbonyl (C=O) groups excluding carboxylic acids is 1. The van der Waals surface area contributed by atoms with Crippen molar-refractivity contribution < 1.29 is 14.3 Å². The van der Waals surface area contributed by atoms with Crippen molar-refractivity contribution in [1.29, 1.82) is 0 Å². The molecule has 6 heteroatoms. The third-order valence-electron chi connectivity index (χ3n) is 3.59. The summed E-state index contributed by atoms with van der Waals surface area (Å²) in [5.41, 5.74) is 2.43. The number of ether oxygens (including phenoxy) is 2. The molecule has 0 heterocycles. The molecule has 0 saturated heterocycles. The number of nitrogens with one attached hydrogen (secondary N) is 2. The van der Waals surface area contributed by atoms with Crippen LogP contribution in [-0.2, 0) is 9.53 Å². The molecule has 2 aromatic rings. The van der Waals surface area contributed by atoms with Crippen molar-refractivity contribution in [2.75, 3.05) is 19.0 Å². The van der Waals surface area contributed by atoms with Gasteiger partial charge in [-0.25, -0.2) is 0 Å². The molecule has 0 aromatic heterocycles. The molecule has 0 atom stereocenters. The summed E-state index contributed by atoms with van der Waals surface area (Å²) >= 11 is 5.34. The van der Waals surface area contributed by atoms with Gasteiger partial charge in [-0.2, -0.15) is 0 Å². The Bertz CT molecular complexity index is 786. The number of esters is 1. The Balaban J connectivity index is 1.97. The molecule has 144 valence electrons. The molecule has 0 unspecified atom stereocenters. The Morgan fingerprint density at radius 1 is 1.07 bits per heavy atom. The number of carbonyl (C=O) groups is 1. The van der Waals surface area contributed by atoms with Crippen molar-refractivity contribution in [3.8, 4) is 16.9 Å². The average molecular weight is 387 g/mol. The van der Waals surface area contributed by atoms with Gasteiger partial charge in [0.15, 0.2) is 5.11 Å².